The molecule has 0 amide bonds. The molecule has 2 rings (SSSR count). The van der Waals surface area contributed by atoms with Gasteiger partial charge in [-0.15, -0.1) is 0 Å². The van der Waals surface area contributed by atoms with Gasteiger partial charge in [0.25, 0.3) is 0 Å². The smallest absolute Gasteiger partial charge is 0.343 e. The number of ether oxygens (including phenoxy) is 2. The van der Waals surface area contributed by atoms with Crippen LogP contribution in [0.1, 0.15) is 17.3 Å². The maximum absolute atomic E-state index is 13.2. The quantitative estimate of drug-likeness (QED) is 0.811. The molecule has 0 unspecified atom stereocenters. The lowest BCUT2D eigenvalue weighted by Crippen LogP contribution is -2.08. The number of rotatable bonds is 4. The predicted molar refractivity (Wildman–Crippen MR) is 66.6 cm³/mol. The van der Waals surface area contributed by atoms with Gasteiger partial charge >= 0.3 is 5.97 Å². The Kier molecular flexibility index (Phi) is 4.42. The topological polar surface area (TPSA) is 48.4 Å². The van der Waals surface area contributed by atoms with Crippen LogP contribution in [-0.2, 0) is 4.74 Å². The summed E-state index contributed by atoms with van der Waals surface area (Å²) < 4.78 is 49.0. The van der Waals surface area contributed by atoms with E-state index in [1.165, 1.54) is 0 Å². The van der Waals surface area contributed by atoms with Crippen molar-refractivity contribution in [2.45, 2.75) is 6.92 Å². The van der Waals surface area contributed by atoms with Crippen LogP contribution in [0.4, 0.5) is 13.2 Å². The second-order valence-electron chi connectivity index (χ2n) is 3.90. The van der Waals surface area contributed by atoms with Gasteiger partial charge in [0, 0.05) is 6.07 Å². The molecule has 7 heteroatoms. The van der Waals surface area contributed by atoms with Gasteiger partial charge in [0.15, 0.2) is 11.6 Å². The lowest BCUT2D eigenvalue weighted by molar-refractivity contribution is 0.0522. The standard InChI is InChI=1S/C14H10F3NO3/c1-2-20-14(19)10-5-8(15)7-18-13(10)21-9-3-4-11(16)12(17)6-9/h3-7H,2H2,1H3. The summed E-state index contributed by atoms with van der Waals surface area (Å²) in [7, 11) is 0. The van der Waals surface area contributed by atoms with Crippen molar-refractivity contribution >= 4 is 5.97 Å². The van der Waals surface area contributed by atoms with Crippen LogP contribution < -0.4 is 4.74 Å². The number of hydrogen-bond donors (Lipinski definition) is 0. The first kappa shape index (κ1) is 14.8. The van der Waals surface area contributed by atoms with Gasteiger partial charge in [0.2, 0.25) is 5.88 Å². The average Bonchev–Trinajstić information content (AvgIpc) is 2.45. The van der Waals surface area contributed by atoms with Gasteiger partial charge in [0.05, 0.1) is 12.8 Å². The van der Waals surface area contributed by atoms with E-state index in [0.717, 1.165) is 30.5 Å². The van der Waals surface area contributed by atoms with Crippen LogP contribution in [-0.4, -0.2) is 17.6 Å². The minimum atomic E-state index is -1.12. The second-order valence-corrected chi connectivity index (χ2v) is 3.90. The number of carbonyl (C=O) groups is 1. The molecule has 0 atom stereocenters. The number of esters is 1. The zero-order chi connectivity index (χ0) is 15.4. The summed E-state index contributed by atoms with van der Waals surface area (Å²) in [5.74, 6) is -4.09. The molecule has 0 radical (unpaired) electrons. The van der Waals surface area contributed by atoms with E-state index in [-0.39, 0.29) is 23.8 Å². The normalized spacial score (nSPS) is 10.3. The number of aromatic nitrogens is 1. The van der Waals surface area contributed by atoms with E-state index in [4.69, 9.17) is 9.47 Å². The van der Waals surface area contributed by atoms with Crippen molar-refractivity contribution in [2.24, 2.45) is 0 Å². The van der Waals surface area contributed by atoms with E-state index in [1.807, 2.05) is 0 Å². The minimum Gasteiger partial charge on any atom is -0.462 e. The molecule has 0 saturated carbocycles. The third-order valence-corrected chi connectivity index (χ3v) is 2.42. The number of pyridine rings is 1. The molecular formula is C14H10F3NO3. The summed E-state index contributed by atoms with van der Waals surface area (Å²) in [6.45, 7) is 1.67. The Morgan fingerprint density at radius 2 is 1.95 bits per heavy atom. The molecule has 2 aromatic rings. The molecule has 0 fully saturated rings. The van der Waals surface area contributed by atoms with Gasteiger partial charge in [-0.05, 0) is 25.1 Å². The van der Waals surface area contributed by atoms with Crippen molar-refractivity contribution in [3.05, 3.63) is 53.5 Å². The van der Waals surface area contributed by atoms with Crippen LogP contribution in [0, 0.1) is 17.5 Å². The van der Waals surface area contributed by atoms with Crippen molar-refractivity contribution in [3.8, 4) is 11.6 Å². The Balaban J connectivity index is 2.34. The van der Waals surface area contributed by atoms with Crippen molar-refractivity contribution in [1.82, 2.24) is 4.98 Å². The SMILES string of the molecule is CCOC(=O)c1cc(F)cnc1Oc1ccc(F)c(F)c1. The fourth-order valence-corrected chi connectivity index (χ4v) is 1.52. The first-order valence-corrected chi connectivity index (χ1v) is 5.97. The van der Waals surface area contributed by atoms with Crippen molar-refractivity contribution in [1.29, 1.82) is 0 Å². The van der Waals surface area contributed by atoms with Crippen molar-refractivity contribution < 1.29 is 27.4 Å². The largest absolute Gasteiger partial charge is 0.462 e. The minimum absolute atomic E-state index is 0.0833. The fourth-order valence-electron chi connectivity index (χ4n) is 1.52. The summed E-state index contributed by atoms with van der Waals surface area (Å²) >= 11 is 0. The average molecular weight is 297 g/mol. The third-order valence-electron chi connectivity index (χ3n) is 2.42. The lowest BCUT2D eigenvalue weighted by atomic mass is 10.2. The number of hydrogen-bond acceptors (Lipinski definition) is 4. The molecule has 0 saturated heterocycles. The highest BCUT2D eigenvalue weighted by Gasteiger charge is 2.17. The molecule has 1 aromatic heterocycles. The molecule has 0 aliphatic rings. The van der Waals surface area contributed by atoms with Crippen LogP contribution in [0.25, 0.3) is 0 Å². The van der Waals surface area contributed by atoms with Crippen molar-refractivity contribution in [3.63, 3.8) is 0 Å². The highest BCUT2D eigenvalue weighted by atomic mass is 19.2. The zero-order valence-corrected chi connectivity index (χ0v) is 10.9. The Labute approximate surface area is 118 Å². The predicted octanol–water partition coefficient (Wildman–Crippen LogP) is 3.47. The van der Waals surface area contributed by atoms with E-state index in [9.17, 15) is 18.0 Å². The third kappa shape index (κ3) is 3.50. The maximum Gasteiger partial charge on any atom is 0.343 e. The summed E-state index contributed by atoms with van der Waals surface area (Å²) in [4.78, 5) is 15.3. The van der Waals surface area contributed by atoms with Crippen LogP contribution >= 0.6 is 0 Å². The van der Waals surface area contributed by atoms with Crippen LogP contribution in [0.5, 0.6) is 11.6 Å². The summed E-state index contributed by atoms with van der Waals surface area (Å²) in [5, 5.41) is 0. The number of nitrogens with zero attached hydrogens (tertiary/aromatic N) is 1. The number of halogens is 3. The van der Waals surface area contributed by atoms with E-state index < -0.39 is 23.4 Å². The van der Waals surface area contributed by atoms with Crippen LogP contribution in [0.3, 0.4) is 0 Å². The molecule has 21 heavy (non-hydrogen) atoms. The maximum atomic E-state index is 13.2. The highest BCUT2D eigenvalue weighted by Crippen LogP contribution is 2.25. The molecule has 0 spiro atoms. The van der Waals surface area contributed by atoms with Gasteiger partial charge in [-0.1, -0.05) is 0 Å². The fraction of sp³-hybridized carbons (Fsp3) is 0.143. The molecular weight excluding hydrogens is 287 g/mol. The number of carbonyl (C=O) groups excluding carboxylic acids is 1. The highest BCUT2D eigenvalue weighted by molar-refractivity contribution is 5.91. The molecule has 0 aliphatic carbocycles. The first-order valence-electron chi connectivity index (χ1n) is 5.97. The Bertz CT molecular complexity index is 677. The molecule has 0 N–H and O–H groups in total. The monoisotopic (exact) mass is 297 g/mol. The van der Waals surface area contributed by atoms with Gasteiger partial charge in [-0.2, -0.15) is 0 Å². The molecule has 0 aliphatic heterocycles. The van der Waals surface area contributed by atoms with Gasteiger partial charge in [-0.3, -0.25) is 0 Å². The Morgan fingerprint density at radius 3 is 2.62 bits per heavy atom. The summed E-state index contributed by atoms with van der Waals surface area (Å²) in [6.07, 6.45) is 0.831. The molecule has 1 aromatic carbocycles. The molecule has 0 bridgehead atoms. The molecule has 1 heterocycles. The van der Waals surface area contributed by atoms with E-state index in [2.05, 4.69) is 4.98 Å². The Morgan fingerprint density at radius 1 is 1.19 bits per heavy atom. The van der Waals surface area contributed by atoms with Crippen LogP contribution in [0.2, 0.25) is 0 Å². The molecule has 4 nitrogen and oxygen atoms in total. The first-order chi connectivity index (χ1) is 10.0. The summed E-state index contributed by atoms with van der Waals surface area (Å²) in [5.41, 5.74) is -0.249. The van der Waals surface area contributed by atoms with E-state index in [1.54, 1.807) is 6.92 Å². The lowest BCUT2D eigenvalue weighted by Gasteiger charge is -2.09. The zero-order valence-electron chi connectivity index (χ0n) is 10.9. The Hall–Kier alpha value is -2.57. The van der Waals surface area contributed by atoms with Gasteiger partial charge in [-0.25, -0.2) is 22.9 Å². The van der Waals surface area contributed by atoms with Gasteiger partial charge in [0.1, 0.15) is 17.1 Å². The summed E-state index contributed by atoms with van der Waals surface area (Å²) in [6, 6.07) is 3.69. The second kappa shape index (κ2) is 6.25. The van der Waals surface area contributed by atoms with E-state index in [0.29, 0.717) is 0 Å². The molecule has 110 valence electrons. The van der Waals surface area contributed by atoms with Crippen molar-refractivity contribution in [2.75, 3.05) is 6.61 Å². The van der Waals surface area contributed by atoms with Gasteiger partial charge < -0.3 is 9.47 Å². The van der Waals surface area contributed by atoms with Crippen LogP contribution in [0.15, 0.2) is 30.5 Å². The van der Waals surface area contributed by atoms with E-state index >= 15 is 0 Å². The number of benzene rings is 1.